The number of thiophene rings is 1. The van der Waals surface area contributed by atoms with Crippen molar-refractivity contribution in [3.8, 4) is 0 Å². The number of aromatic nitrogens is 2. The molecule has 0 radical (unpaired) electrons. The molecule has 2 aromatic heterocycles. The molecule has 4 rings (SSSR count). The molecule has 1 fully saturated rings. The summed E-state index contributed by atoms with van der Waals surface area (Å²) in [5.74, 6) is 1.49. The molecule has 136 valence electrons. The summed E-state index contributed by atoms with van der Waals surface area (Å²) in [6.07, 6.45) is 10.2. The molecule has 0 amide bonds. The van der Waals surface area contributed by atoms with E-state index in [1.54, 1.807) is 11.3 Å². The third kappa shape index (κ3) is 4.34. The molecule has 2 heterocycles. The van der Waals surface area contributed by atoms with Crippen LogP contribution in [-0.4, -0.2) is 21.8 Å². The summed E-state index contributed by atoms with van der Waals surface area (Å²) in [7, 11) is 0. The van der Waals surface area contributed by atoms with E-state index >= 15 is 0 Å². The third-order valence-electron chi connectivity index (χ3n) is 4.64. The molecule has 0 spiro atoms. The first-order valence-corrected chi connectivity index (χ1v) is 9.71. The Bertz CT molecular complexity index is 905. The van der Waals surface area contributed by atoms with Crippen LogP contribution >= 0.6 is 23.7 Å². The van der Waals surface area contributed by atoms with Crippen molar-refractivity contribution < 1.29 is 0 Å². The van der Waals surface area contributed by atoms with Gasteiger partial charge >= 0.3 is 0 Å². The summed E-state index contributed by atoms with van der Waals surface area (Å²) >= 11 is 1.71. The first kappa shape index (κ1) is 18.7. The maximum absolute atomic E-state index is 6.25. The Labute approximate surface area is 163 Å². The summed E-state index contributed by atoms with van der Waals surface area (Å²) < 4.78 is 0. The highest BCUT2D eigenvalue weighted by molar-refractivity contribution is 7.10. The molecule has 3 N–H and O–H groups in total. The van der Waals surface area contributed by atoms with Crippen molar-refractivity contribution in [3.05, 3.63) is 52.0 Å². The minimum atomic E-state index is 0. The van der Waals surface area contributed by atoms with Crippen molar-refractivity contribution in [1.82, 2.24) is 9.97 Å². The van der Waals surface area contributed by atoms with E-state index < -0.39 is 0 Å². The lowest BCUT2D eigenvalue weighted by Gasteiger charge is -2.18. The highest BCUT2D eigenvalue weighted by Gasteiger charge is 2.13. The number of aromatic amines is 1. The molecule has 3 aromatic rings. The summed E-state index contributed by atoms with van der Waals surface area (Å²) in [5, 5.41) is 2.07. The minimum Gasteiger partial charge on any atom is -0.383 e. The Kier molecular flexibility index (Phi) is 6.12. The van der Waals surface area contributed by atoms with E-state index in [0.717, 1.165) is 35.3 Å². The van der Waals surface area contributed by atoms with Gasteiger partial charge in [0.25, 0.3) is 0 Å². The number of nitrogens with one attached hydrogen (secondary N) is 1. The average molecular weight is 387 g/mol. The van der Waals surface area contributed by atoms with E-state index in [1.807, 2.05) is 30.3 Å². The fraction of sp³-hybridized carbons (Fsp3) is 0.300. The maximum atomic E-state index is 6.25. The Morgan fingerprint density at radius 1 is 1.19 bits per heavy atom. The van der Waals surface area contributed by atoms with E-state index in [0.29, 0.717) is 11.9 Å². The lowest BCUT2D eigenvalue weighted by Crippen LogP contribution is -2.19. The highest BCUT2D eigenvalue weighted by Crippen LogP contribution is 2.21. The Hall–Kier alpha value is -2.11. The van der Waals surface area contributed by atoms with Gasteiger partial charge in [-0.2, -0.15) is 0 Å². The van der Waals surface area contributed by atoms with Crippen molar-refractivity contribution in [2.24, 2.45) is 10.7 Å². The van der Waals surface area contributed by atoms with Crippen molar-refractivity contribution in [2.75, 3.05) is 0 Å². The predicted molar refractivity (Wildman–Crippen MR) is 114 cm³/mol. The molecule has 1 aliphatic carbocycles. The van der Waals surface area contributed by atoms with Gasteiger partial charge in [-0.1, -0.05) is 25.3 Å². The smallest absolute Gasteiger partial charge is 0.131 e. The molecular weight excluding hydrogens is 364 g/mol. The fourth-order valence-corrected chi connectivity index (χ4v) is 3.91. The lowest BCUT2D eigenvalue weighted by molar-refractivity contribution is 0.443. The van der Waals surface area contributed by atoms with E-state index in [2.05, 4.69) is 27.5 Å². The lowest BCUT2D eigenvalue weighted by atomic mass is 9.96. The summed E-state index contributed by atoms with van der Waals surface area (Å²) in [6.45, 7) is 0. The van der Waals surface area contributed by atoms with E-state index in [-0.39, 0.29) is 12.4 Å². The second-order valence-electron chi connectivity index (χ2n) is 6.51. The quantitative estimate of drug-likeness (QED) is 0.474. The van der Waals surface area contributed by atoms with E-state index in [4.69, 9.17) is 10.7 Å². The molecule has 0 bridgehead atoms. The van der Waals surface area contributed by atoms with Gasteiger partial charge in [-0.3, -0.25) is 4.99 Å². The van der Waals surface area contributed by atoms with Gasteiger partial charge in [0.05, 0.1) is 17.1 Å². The Morgan fingerprint density at radius 2 is 2.04 bits per heavy atom. The average Bonchev–Trinajstić information content (AvgIpc) is 3.29. The maximum Gasteiger partial charge on any atom is 0.131 e. The van der Waals surface area contributed by atoms with Crippen LogP contribution in [0.4, 0.5) is 0 Å². The normalized spacial score (nSPS) is 16.2. The van der Waals surface area contributed by atoms with Crippen LogP contribution in [0.2, 0.25) is 0 Å². The number of fused-ring (bicyclic) bond motifs is 1. The number of rotatable bonds is 4. The minimum absolute atomic E-state index is 0. The zero-order chi connectivity index (χ0) is 17.1. The number of amidine groups is 1. The van der Waals surface area contributed by atoms with E-state index in [9.17, 15) is 0 Å². The van der Waals surface area contributed by atoms with Gasteiger partial charge in [0.2, 0.25) is 0 Å². The Morgan fingerprint density at radius 3 is 2.81 bits per heavy atom. The Balaban J connectivity index is 0.00000196. The second kappa shape index (κ2) is 8.52. The van der Waals surface area contributed by atoms with Crippen molar-refractivity contribution in [1.29, 1.82) is 0 Å². The van der Waals surface area contributed by atoms with Gasteiger partial charge in [-0.25, -0.2) is 4.98 Å². The number of hydrogen-bond donors (Lipinski definition) is 2. The number of nitrogens with two attached hydrogens (primary N) is 1. The third-order valence-corrected chi connectivity index (χ3v) is 5.48. The number of benzene rings is 1. The molecule has 1 aromatic carbocycles. The molecule has 1 aliphatic rings. The largest absolute Gasteiger partial charge is 0.383 e. The molecule has 26 heavy (non-hydrogen) atoms. The summed E-state index contributed by atoms with van der Waals surface area (Å²) in [6, 6.07) is 10.6. The molecule has 6 heteroatoms. The molecule has 0 atom stereocenters. The van der Waals surface area contributed by atoms with Crippen molar-refractivity contribution in [3.63, 3.8) is 0 Å². The second-order valence-corrected chi connectivity index (χ2v) is 7.49. The highest BCUT2D eigenvalue weighted by atomic mass is 35.5. The first-order valence-electron chi connectivity index (χ1n) is 8.83. The van der Waals surface area contributed by atoms with Gasteiger partial charge in [0.1, 0.15) is 11.7 Å². The molecule has 0 aliphatic heterocycles. The monoisotopic (exact) mass is 386 g/mol. The number of halogens is 1. The molecule has 1 saturated carbocycles. The van der Waals surface area contributed by atoms with Crippen LogP contribution in [0.25, 0.3) is 23.2 Å². The van der Waals surface area contributed by atoms with Gasteiger partial charge in [-0.15, -0.1) is 23.7 Å². The number of hydrogen-bond acceptors (Lipinski definition) is 3. The number of H-pyrrole nitrogens is 1. The molecule has 0 unspecified atom stereocenters. The van der Waals surface area contributed by atoms with Gasteiger partial charge in [0, 0.05) is 10.4 Å². The van der Waals surface area contributed by atoms with Crippen LogP contribution in [0, 0.1) is 0 Å². The van der Waals surface area contributed by atoms with Crippen molar-refractivity contribution >= 4 is 52.8 Å². The summed E-state index contributed by atoms with van der Waals surface area (Å²) in [4.78, 5) is 13.9. The van der Waals surface area contributed by atoms with Crippen LogP contribution in [0.15, 0.2) is 40.7 Å². The van der Waals surface area contributed by atoms with Crippen molar-refractivity contribution in [2.45, 2.75) is 38.1 Å². The van der Waals surface area contributed by atoms with Crippen LogP contribution in [0.5, 0.6) is 0 Å². The summed E-state index contributed by atoms with van der Waals surface area (Å²) in [5.41, 5.74) is 9.15. The van der Waals surface area contributed by atoms with Gasteiger partial charge < -0.3 is 10.7 Å². The number of aliphatic imine (C=N–C) groups is 1. The predicted octanol–water partition coefficient (Wildman–Crippen LogP) is 5.25. The topological polar surface area (TPSA) is 67.1 Å². The SMILES string of the molecule is Cl.NC(=NC1CCCCC1)c1ccc2nc(/C=C/c3cccs3)[nH]c2c1. The van der Waals surface area contributed by atoms with Crippen LogP contribution in [-0.2, 0) is 0 Å². The zero-order valence-corrected chi connectivity index (χ0v) is 16.2. The van der Waals surface area contributed by atoms with Gasteiger partial charge in [-0.05, 0) is 54.6 Å². The number of imidazole rings is 1. The standard InChI is InChI=1S/C20H22N4S.ClH/c21-20(22-15-5-2-1-3-6-15)14-8-10-17-18(13-14)24-19(23-17)11-9-16-7-4-12-25-16;/h4,7-13,15H,1-3,5-6H2,(H2,21,22)(H,23,24);1H/b11-9+;. The zero-order valence-electron chi connectivity index (χ0n) is 14.5. The first-order chi connectivity index (χ1) is 12.3. The van der Waals surface area contributed by atoms with Crippen LogP contribution < -0.4 is 5.73 Å². The van der Waals surface area contributed by atoms with Gasteiger partial charge in [0.15, 0.2) is 0 Å². The molecule has 4 nitrogen and oxygen atoms in total. The van der Waals surface area contributed by atoms with E-state index in [1.165, 1.54) is 24.1 Å². The number of nitrogens with zero attached hydrogens (tertiary/aromatic N) is 2. The fourth-order valence-electron chi connectivity index (χ4n) is 3.30. The van der Waals surface area contributed by atoms with Crippen LogP contribution in [0.3, 0.4) is 0 Å². The molecular formula is C20H23ClN4S. The van der Waals surface area contributed by atoms with Crippen LogP contribution in [0.1, 0.15) is 48.4 Å². The molecule has 0 saturated heterocycles.